The number of allylic oxidation sites excluding steroid dienone is 30. The van der Waals surface area contributed by atoms with E-state index in [1.54, 1.807) is 0 Å². The van der Waals surface area contributed by atoms with Crippen LogP contribution in [-0.2, 0) is 55.8 Å². The van der Waals surface area contributed by atoms with Gasteiger partial charge in [0, 0.05) is 19.3 Å². The van der Waals surface area contributed by atoms with Crippen molar-refractivity contribution in [2.75, 3.05) is 39.6 Å². The second-order valence-corrected chi connectivity index (χ2v) is 31.8. The molecular weight excluding hydrogens is 1460 g/mol. The van der Waals surface area contributed by atoms with E-state index in [-0.39, 0.29) is 19.3 Å². The van der Waals surface area contributed by atoms with E-state index in [1.807, 2.05) is 12.2 Å². The molecule has 5 unspecified atom stereocenters. The molecule has 0 bridgehead atoms. The summed E-state index contributed by atoms with van der Waals surface area (Å²) in [5.74, 6) is -1.66. The van der Waals surface area contributed by atoms with Crippen molar-refractivity contribution in [1.82, 2.24) is 0 Å². The molecule has 0 aliphatic carbocycles. The summed E-state index contributed by atoms with van der Waals surface area (Å²) in [7, 11) is -9.83. The number of phosphoric ester groups is 2. The van der Waals surface area contributed by atoms with Gasteiger partial charge in [0.2, 0.25) is 0 Å². The number of phosphoric acid groups is 2. The normalized spacial score (nSPS) is 14.7. The molecule has 0 spiro atoms. The van der Waals surface area contributed by atoms with Crippen molar-refractivity contribution in [2.24, 2.45) is 0 Å². The molecule has 16 nitrogen and oxygen atoms in total. The minimum absolute atomic E-state index is 0.0162. The van der Waals surface area contributed by atoms with Crippen LogP contribution in [-0.4, -0.2) is 95.9 Å². The molecule has 18 heteroatoms. The molecule has 644 valence electrons. The third-order valence-corrected chi connectivity index (χ3v) is 20.0. The van der Waals surface area contributed by atoms with Gasteiger partial charge in [0.1, 0.15) is 25.4 Å². The molecule has 113 heavy (non-hydrogen) atoms. The molecule has 0 aliphatic rings. The first-order valence-electron chi connectivity index (χ1n) is 44.1. The first-order chi connectivity index (χ1) is 55.2. The van der Waals surface area contributed by atoms with Gasteiger partial charge in [-0.3, -0.25) is 32.5 Å². The summed E-state index contributed by atoms with van der Waals surface area (Å²) in [5.41, 5.74) is 0. The molecular formula is C95H158O16P2. The Morgan fingerprint density at radius 1 is 0.257 bits per heavy atom. The highest BCUT2D eigenvalue weighted by Crippen LogP contribution is 2.45. The lowest BCUT2D eigenvalue weighted by Gasteiger charge is -2.21. The quantitative estimate of drug-likeness (QED) is 0.0146. The van der Waals surface area contributed by atoms with Crippen molar-refractivity contribution in [1.29, 1.82) is 0 Å². The van der Waals surface area contributed by atoms with Crippen molar-refractivity contribution in [3.63, 3.8) is 0 Å². The van der Waals surface area contributed by atoms with Gasteiger partial charge in [0.25, 0.3) is 0 Å². The van der Waals surface area contributed by atoms with Crippen molar-refractivity contribution in [3.8, 4) is 0 Å². The van der Waals surface area contributed by atoms with Gasteiger partial charge >= 0.3 is 33.6 Å². The number of aliphatic hydroxyl groups excluding tert-OH is 2. The highest BCUT2D eigenvalue weighted by atomic mass is 31.2. The Labute approximate surface area is 687 Å². The zero-order valence-corrected chi connectivity index (χ0v) is 72.5. The van der Waals surface area contributed by atoms with E-state index in [0.29, 0.717) is 25.7 Å². The van der Waals surface area contributed by atoms with Gasteiger partial charge in [-0.05, 0) is 154 Å². The zero-order valence-electron chi connectivity index (χ0n) is 70.7. The molecule has 0 aromatic heterocycles. The number of carbonyl (C=O) groups is 3. The van der Waals surface area contributed by atoms with E-state index in [1.165, 1.54) is 128 Å². The zero-order chi connectivity index (χ0) is 82.2. The lowest BCUT2D eigenvalue weighted by molar-refractivity contribution is -0.161. The van der Waals surface area contributed by atoms with Gasteiger partial charge in [-0.25, -0.2) is 9.13 Å². The van der Waals surface area contributed by atoms with E-state index in [9.17, 15) is 43.5 Å². The van der Waals surface area contributed by atoms with Crippen LogP contribution in [0.3, 0.4) is 0 Å². The summed E-state index contributed by atoms with van der Waals surface area (Å²) in [6.07, 6.45) is 113. The van der Waals surface area contributed by atoms with Crippen LogP contribution in [0.2, 0.25) is 0 Å². The number of rotatable bonds is 82. The van der Waals surface area contributed by atoms with E-state index < -0.39 is 91.5 Å². The molecule has 0 radical (unpaired) electrons. The molecule has 0 aromatic carbocycles. The maximum absolute atomic E-state index is 13.0. The van der Waals surface area contributed by atoms with E-state index in [4.69, 9.17) is 32.3 Å². The molecule has 4 N–H and O–H groups in total. The van der Waals surface area contributed by atoms with Gasteiger partial charge in [-0.15, -0.1) is 0 Å². The molecule has 5 atom stereocenters. The summed E-state index contributed by atoms with van der Waals surface area (Å²) < 4.78 is 61.2. The Morgan fingerprint density at radius 2 is 0.478 bits per heavy atom. The number of esters is 3. The first kappa shape index (κ1) is 108. The molecule has 0 saturated heterocycles. The Hall–Kier alpha value is -5.35. The van der Waals surface area contributed by atoms with E-state index in [0.717, 1.165) is 148 Å². The van der Waals surface area contributed by atoms with Crippen LogP contribution in [0.1, 0.15) is 342 Å². The topological polar surface area (TPSA) is 231 Å². The largest absolute Gasteiger partial charge is 0.472 e. The Bertz CT molecular complexity index is 2780. The highest BCUT2D eigenvalue weighted by molar-refractivity contribution is 7.47. The summed E-state index contributed by atoms with van der Waals surface area (Å²) in [6, 6.07) is 0. The van der Waals surface area contributed by atoms with Crippen LogP contribution in [0.4, 0.5) is 0 Å². The van der Waals surface area contributed by atoms with Crippen LogP contribution in [0.15, 0.2) is 182 Å². The van der Waals surface area contributed by atoms with Crippen LogP contribution in [0.5, 0.6) is 0 Å². The van der Waals surface area contributed by atoms with Crippen LogP contribution < -0.4 is 0 Å². The molecule has 0 aliphatic heterocycles. The van der Waals surface area contributed by atoms with Gasteiger partial charge in [-0.2, -0.15) is 0 Å². The molecule has 0 rings (SSSR count). The third kappa shape index (κ3) is 87.3. The Kier molecular flexibility index (Phi) is 81.9. The van der Waals surface area contributed by atoms with Gasteiger partial charge in [-0.1, -0.05) is 351 Å². The monoisotopic (exact) mass is 1620 g/mol. The van der Waals surface area contributed by atoms with E-state index >= 15 is 0 Å². The molecule has 0 aromatic rings. The fraction of sp³-hybridized carbons (Fsp3) is 0.653. The number of aliphatic hydroxyl groups is 2. The van der Waals surface area contributed by atoms with Crippen molar-refractivity contribution in [3.05, 3.63) is 182 Å². The SMILES string of the molecule is CC/C=C\C/C=C\C/C=C\C/C=C\C/C=C\C/C=C\CCCCCCCCC(=O)OCC(COP(=O)(O)OCC(O)COP(=O)(O)OCC(O)COC(=O)CCCCCCCCCCCCCCCCCCCCC/C=C\C/C=C\C/C=C\C/C=C\CCCCC)OC(=O)CCC/C=C\C/C=C\C/C=C\C/C=C\C/C=C\CC. The second-order valence-electron chi connectivity index (χ2n) is 28.9. The van der Waals surface area contributed by atoms with Crippen molar-refractivity contribution in [2.45, 2.75) is 360 Å². The van der Waals surface area contributed by atoms with Crippen molar-refractivity contribution < 1.29 is 75.8 Å². The summed E-state index contributed by atoms with van der Waals surface area (Å²) >= 11 is 0. The maximum Gasteiger partial charge on any atom is 0.472 e. The first-order valence-corrected chi connectivity index (χ1v) is 47.1. The van der Waals surface area contributed by atoms with Gasteiger partial charge < -0.3 is 34.2 Å². The minimum Gasteiger partial charge on any atom is -0.463 e. The average molecular weight is 1620 g/mol. The number of hydrogen-bond donors (Lipinski definition) is 4. The number of carbonyl (C=O) groups excluding carboxylic acids is 3. The number of unbranched alkanes of at least 4 members (excludes halogenated alkanes) is 29. The van der Waals surface area contributed by atoms with Crippen molar-refractivity contribution >= 4 is 33.6 Å². The molecule has 0 heterocycles. The molecule has 0 amide bonds. The van der Waals surface area contributed by atoms with Gasteiger partial charge in [0.05, 0.1) is 26.4 Å². The Balaban J connectivity index is 4.52. The predicted octanol–water partition coefficient (Wildman–Crippen LogP) is 26.9. The second kappa shape index (κ2) is 86.0. The average Bonchev–Trinajstić information content (AvgIpc) is 0.902. The van der Waals surface area contributed by atoms with Gasteiger partial charge in [0.15, 0.2) is 6.10 Å². The predicted molar refractivity (Wildman–Crippen MR) is 472 cm³/mol. The van der Waals surface area contributed by atoms with Crippen LogP contribution in [0, 0.1) is 0 Å². The van der Waals surface area contributed by atoms with E-state index in [2.05, 4.69) is 191 Å². The van der Waals surface area contributed by atoms with Crippen LogP contribution in [0.25, 0.3) is 0 Å². The summed E-state index contributed by atoms with van der Waals surface area (Å²) in [4.78, 5) is 58.8. The smallest absolute Gasteiger partial charge is 0.463 e. The standard InChI is InChI=1S/C95H158O16P2/c1-4-7-10-13-16-19-22-25-28-31-33-35-37-39-40-41-42-43-44-45-46-47-48-50-52-53-55-58-60-63-66-69-72-75-78-81-93(98)105-84-90(96)85-107-112(101,102)108-86-91(97)87-109-113(103,104)110-89-92(111-95(100)83-80-77-74-71-68-65-62-57-30-27-24-21-18-15-12-9-6-3)88-106-94(99)82-79-76-73-70-67-64-61-59-56-54-51-49-38-36-34-32-29-26-23-20-17-14-11-8-5-2/h8-9,11-12,16-21,25-30,33-36,39-40,49,51,56,59,62,65,71,74,90-92,96-97H,4-7,10,13-15,22-24,31-32,37-38,41-48,50,52-55,57-58,60-61,63-64,66-70,72-73,75-89H2,1-3H3,(H,101,102)(H,103,104)/b11-8-,12-9-,19-16-,20-17-,21-18-,28-25-,29-26-,30-27-,35-33-,36-34-,40-39-,51-49-,59-56-,65-62-,74-71-. The van der Waals surface area contributed by atoms with Crippen LogP contribution >= 0.6 is 15.6 Å². The fourth-order valence-corrected chi connectivity index (χ4v) is 13.1. The minimum atomic E-state index is -4.96. The lowest BCUT2D eigenvalue weighted by Crippen LogP contribution is -2.30. The summed E-state index contributed by atoms with van der Waals surface area (Å²) in [6.45, 7) is 2.35. The Morgan fingerprint density at radius 3 is 0.770 bits per heavy atom. The maximum atomic E-state index is 13.0. The third-order valence-electron chi connectivity index (χ3n) is 18.1. The fourth-order valence-electron chi connectivity index (χ4n) is 11.5. The molecule has 0 saturated carbocycles. The number of hydrogen-bond acceptors (Lipinski definition) is 14. The number of ether oxygens (including phenoxy) is 3. The lowest BCUT2D eigenvalue weighted by atomic mass is 10.0. The summed E-state index contributed by atoms with van der Waals surface area (Å²) in [5, 5.41) is 20.7. The highest BCUT2D eigenvalue weighted by Gasteiger charge is 2.29. The molecule has 0 fully saturated rings.